The van der Waals surface area contributed by atoms with Crippen LogP contribution in [0.5, 0.6) is 17.2 Å². The van der Waals surface area contributed by atoms with Gasteiger partial charge in [0.25, 0.3) is 11.8 Å². The predicted molar refractivity (Wildman–Crippen MR) is 219 cm³/mol. The number of pyridine rings is 1. The highest BCUT2D eigenvalue weighted by molar-refractivity contribution is 7.46. The van der Waals surface area contributed by atoms with Crippen LogP contribution < -0.4 is 18.9 Å². The molecule has 0 spiro atoms. The molecular formula is C43H43N6O9P. The van der Waals surface area contributed by atoms with Crippen LogP contribution in [0.15, 0.2) is 91.3 Å². The van der Waals surface area contributed by atoms with Crippen molar-refractivity contribution in [2.75, 3.05) is 44.5 Å². The number of hydrogen-bond acceptors (Lipinski definition) is 9. The molecule has 1 saturated heterocycles. The average Bonchev–Trinajstić information content (AvgIpc) is 3.93. The summed E-state index contributed by atoms with van der Waals surface area (Å²) in [6, 6.07) is 23.2. The fourth-order valence-electron chi connectivity index (χ4n) is 8.29. The van der Waals surface area contributed by atoms with Crippen LogP contribution in [0.25, 0.3) is 22.3 Å². The molecule has 9 rings (SSSR count). The zero-order chi connectivity index (χ0) is 41.0. The minimum Gasteiger partial charge on any atom is -0.454 e. The number of aryl methyl sites for hydroxylation is 1. The molecule has 15 nitrogen and oxygen atoms in total. The number of fused-ring (bicyclic) bond motifs is 3. The first-order chi connectivity index (χ1) is 28.4. The van der Waals surface area contributed by atoms with E-state index >= 15 is 9.59 Å². The standard InChI is InChI=1S/C43H43N6O9P/c1-27-35(43(51)49(31-8-10-34(11-9-31)58-59(52,53)54)32-19-29-12-13-45(2)41(29)44-23-32)20-38(46(27)3)36-21-39-40(57-26-56-39)22-37(36)42(50)48-24-30-7-5-4-6-28(30)18-33(48)25-47-14-16-55-17-15-47/h4-13,19-23,33H,14-18,24-26H2,1-3H3,(H2,52,53,54)/t33-/m0/s1. The van der Waals surface area contributed by atoms with Crippen LogP contribution >= 0.6 is 7.82 Å². The van der Waals surface area contributed by atoms with Gasteiger partial charge in [0.15, 0.2) is 11.5 Å². The number of benzene rings is 3. The number of phosphoric ester groups is 1. The van der Waals surface area contributed by atoms with E-state index < -0.39 is 13.7 Å². The fourth-order valence-corrected chi connectivity index (χ4v) is 8.69. The van der Waals surface area contributed by atoms with Gasteiger partial charge >= 0.3 is 7.82 Å². The molecule has 3 aliphatic heterocycles. The minimum absolute atomic E-state index is 0.0196. The summed E-state index contributed by atoms with van der Waals surface area (Å²) in [5.41, 5.74) is 6.58. The number of phosphoric acid groups is 1. The molecule has 2 amide bonds. The second-order valence-electron chi connectivity index (χ2n) is 15.1. The van der Waals surface area contributed by atoms with Gasteiger partial charge in [-0.05, 0) is 79.1 Å². The topological polar surface area (TPSA) is 161 Å². The van der Waals surface area contributed by atoms with Gasteiger partial charge in [-0.25, -0.2) is 9.55 Å². The largest absolute Gasteiger partial charge is 0.524 e. The molecule has 1 fully saturated rings. The van der Waals surface area contributed by atoms with E-state index in [0.29, 0.717) is 83.7 Å². The number of rotatable bonds is 9. The zero-order valence-electron chi connectivity index (χ0n) is 32.8. The van der Waals surface area contributed by atoms with E-state index in [9.17, 15) is 14.4 Å². The maximum Gasteiger partial charge on any atom is 0.524 e. The lowest BCUT2D eigenvalue weighted by molar-refractivity contribution is 0.0193. The van der Waals surface area contributed by atoms with Crippen LogP contribution in [-0.4, -0.2) is 91.2 Å². The van der Waals surface area contributed by atoms with Crippen molar-refractivity contribution in [3.05, 3.63) is 119 Å². The lowest BCUT2D eigenvalue weighted by Gasteiger charge is -2.40. The molecule has 0 aliphatic carbocycles. The van der Waals surface area contributed by atoms with Crippen LogP contribution in [0.1, 0.15) is 37.5 Å². The maximum absolute atomic E-state index is 15.1. The molecule has 3 aliphatic rings. The summed E-state index contributed by atoms with van der Waals surface area (Å²) in [6.45, 7) is 5.92. The van der Waals surface area contributed by atoms with Gasteiger partial charge in [-0.3, -0.25) is 29.2 Å². The van der Waals surface area contributed by atoms with E-state index in [4.69, 9.17) is 18.7 Å². The van der Waals surface area contributed by atoms with E-state index in [1.807, 2.05) is 71.6 Å². The number of carbonyl (C=O) groups is 2. The Kier molecular flexibility index (Phi) is 10.0. The van der Waals surface area contributed by atoms with Crippen molar-refractivity contribution < 1.29 is 42.7 Å². The summed E-state index contributed by atoms with van der Waals surface area (Å²) in [7, 11) is -1.07. The number of anilines is 2. The molecule has 0 saturated carbocycles. The van der Waals surface area contributed by atoms with E-state index in [0.717, 1.165) is 29.7 Å². The van der Waals surface area contributed by atoms with Gasteiger partial charge in [-0.15, -0.1) is 0 Å². The van der Waals surface area contributed by atoms with E-state index in [2.05, 4.69) is 22.0 Å². The highest BCUT2D eigenvalue weighted by Crippen LogP contribution is 2.43. The number of nitrogens with zero attached hydrogens (tertiary/aromatic N) is 6. The third kappa shape index (κ3) is 7.47. The molecule has 59 heavy (non-hydrogen) atoms. The molecule has 16 heteroatoms. The zero-order valence-corrected chi connectivity index (χ0v) is 33.7. The molecule has 0 bridgehead atoms. The number of morpholine rings is 1. The molecule has 3 aromatic carbocycles. The SMILES string of the molecule is Cc1c(C(=O)N(c2ccc(OP(=O)(O)O)cc2)c2cnc3c(ccn3C)c2)cc(-c2cc3c(cc2C(=O)N2Cc4ccccc4C[C@H]2CN2CCOCC2)OCO3)n1C. The predicted octanol–water partition coefficient (Wildman–Crippen LogP) is 5.97. The second kappa shape index (κ2) is 15.3. The first kappa shape index (κ1) is 38.6. The molecule has 2 N–H and O–H groups in total. The third-order valence-corrected chi connectivity index (χ3v) is 11.9. The normalized spacial score (nSPS) is 16.6. The van der Waals surface area contributed by atoms with E-state index in [-0.39, 0.29) is 24.5 Å². The van der Waals surface area contributed by atoms with Gasteiger partial charge in [0.05, 0.1) is 36.2 Å². The van der Waals surface area contributed by atoms with Gasteiger partial charge in [0.1, 0.15) is 11.4 Å². The molecule has 0 radical (unpaired) electrons. The lowest BCUT2D eigenvalue weighted by atomic mass is 9.92. The summed E-state index contributed by atoms with van der Waals surface area (Å²) < 4.78 is 37.4. The smallest absolute Gasteiger partial charge is 0.454 e. The lowest BCUT2D eigenvalue weighted by Crippen LogP contribution is -2.52. The van der Waals surface area contributed by atoms with E-state index in [1.54, 1.807) is 30.5 Å². The summed E-state index contributed by atoms with van der Waals surface area (Å²) in [6.07, 6.45) is 4.21. The highest BCUT2D eigenvalue weighted by atomic mass is 31.2. The van der Waals surface area contributed by atoms with Crippen molar-refractivity contribution in [1.29, 1.82) is 0 Å². The van der Waals surface area contributed by atoms with Crippen molar-refractivity contribution >= 4 is 42.0 Å². The Labute approximate surface area is 340 Å². The van der Waals surface area contributed by atoms with E-state index in [1.165, 1.54) is 22.6 Å². The van der Waals surface area contributed by atoms with Crippen LogP contribution in [0.3, 0.4) is 0 Å². The quantitative estimate of drug-likeness (QED) is 0.166. The monoisotopic (exact) mass is 818 g/mol. The summed E-state index contributed by atoms with van der Waals surface area (Å²) in [5, 5.41) is 0.811. The first-order valence-electron chi connectivity index (χ1n) is 19.3. The number of ether oxygens (including phenoxy) is 3. The van der Waals surface area contributed by atoms with Crippen molar-refractivity contribution in [3.8, 4) is 28.5 Å². The number of hydrogen-bond donors (Lipinski definition) is 2. The number of aromatic nitrogens is 3. The molecule has 6 aromatic rings. The van der Waals surface area contributed by atoms with Crippen LogP contribution in [0.2, 0.25) is 0 Å². The van der Waals surface area contributed by atoms with Crippen molar-refractivity contribution in [1.82, 2.24) is 23.9 Å². The van der Waals surface area contributed by atoms with Crippen molar-refractivity contribution in [2.24, 2.45) is 14.1 Å². The molecular weight excluding hydrogens is 775 g/mol. The number of amides is 2. The van der Waals surface area contributed by atoms with Gasteiger partial charge in [-0.2, -0.15) is 0 Å². The summed E-state index contributed by atoms with van der Waals surface area (Å²) in [4.78, 5) is 59.4. The Morgan fingerprint density at radius 2 is 1.64 bits per heavy atom. The summed E-state index contributed by atoms with van der Waals surface area (Å²) >= 11 is 0. The molecule has 0 unspecified atom stereocenters. The van der Waals surface area contributed by atoms with Crippen LogP contribution in [0.4, 0.5) is 11.4 Å². The maximum atomic E-state index is 15.1. The Bertz CT molecular complexity index is 2650. The van der Waals surface area contributed by atoms with Crippen LogP contribution in [0, 0.1) is 6.92 Å². The van der Waals surface area contributed by atoms with Crippen molar-refractivity contribution in [3.63, 3.8) is 0 Å². The number of carbonyl (C=O) groups excluding carboxylic acids is 2. The van der Waals surface area contributed by atoms with Gasteiger partial charge in [-0.1, -0.05) is 24.3 Å². The average molecular weight is 819 g/mol. The Hall–Kier alpha value is -5.96. The molecule has 6 heterocycles. The third-order valence-electron chi connectivity index (χ3n) is 11.4. The highest BCUT2D eigenvalue weighted by Gasteiger charge is 2.35. The minimum atomic E-state index is -4.81. The molecule has 1 atom stereocenters. The van der Waals surface area contributed by atoms with Gasteiger partial charge in [0, 0.05) is 80.5 Å². The van der Waals surface area contributed by atoms with Crippen LogP contribution in [-0.2, 0) is 36.4 Å². The Morgan fingerprint density at radius 3 is 2.39 bits per heavy atom. The Morgan fingerprint density at radius 1 is 0.915 bits per heavy atom. The van der Waals surface area contributed by atoms with Gasteiger partial charge < -0.3 is 32.8 Å². The second-order valence-corrected chi connectivity index (χ2v) is 16.2. The van der Waals surface area contributed by atoms with Crippen molar-refractivity contribution in [2.45, 2.75) is 25.9 Å². The fraction of sp³-hybridized carbons (Fsp3) is 0.279. The van der Waals surface area contributed by atoms with Gasteiger partial charge in [0.2, 0.25) is 6.79 Å². The molecule has 304 valence electrons. The first-order valence-corrected chi connectivity index (χ1v) is 20.8. The summed E-state index contributed by atoms with van der Waals surface area (Å²) in [5.74, 6) is 0.367. The molecule has 3 aromatic heterocycles. The Balaban J connectivity index is 1.12.